The number of allylic oxidation sites excluding steroid dienone is 1. The lowest BCUT2D eigenvalue weighted by Crippen LogP contribution is -2.43. The minimum absolute atomic E-state index is 0.0547. The first-order chi connectivity index (χ1) is 22.0. The number of nitrogen functional groups attached to an aromatic ring is 1. The van der Waals surface area contributed by atoms with Crippen molar-refractivity contribution in [2.24, 2.45) is 0 Å². The predicted octanol–water partition coefficient (Wildman–Crippen LogP) is 4.65. The number of nitrogens with one attached hydrogen (secondary N) is 1. The highest BCUT2D eigenvalue weighted by molar-refractivity contribution is 5.98. The van der Waals surface area contributed by atoms with Crippen molar-refractivity contribution in [2.45, 2.75) is 38.6 Å². The van der Waals surface area contributed by atoms with E-state index in [2.05, 4.69) is 26.3 Å². The highest BCUT2D eigenvalue weighted by Gasteiger charge is 2.30. The highest BCUT2D eigenvalue weighted by atomic mass is 19.1. The number of aromatic nitrogens is 4. The van der Waals surface area contributed by atoms with Crippen LogP contribution in [0.15, 0.2) is 66.1 Å². The van der Waals surface area contributed by atoms with Gasteiger partial charge < -0.3 is 25.6 Å². The number of fused-ring (bicyclic) bond motifs is 1. The summed E-state index contributed by atoms with van der Waals surface area (Å²) in [5.74, 6) is 0.526. The van der Waals surface area contributed by atoms with Crippen LogP contribution in [0.2, 0.25) is 0 Å². The number of likely N-dealkylation sites (tertiary alicyclic amines) is 1. The van der Waals surface area contributed by atoms with Crippen LogP contribution in [0.1, 0.15) is 38.6 Å². The maximum absolute atomic E-state index is 15.6. The number of hydrogen-bond acceptors (Lipinski definition) is 9. The second-order valence-corrected chi connectivity index (χ2v) is 11.2. The molecule has 0 saturated carbocycles. The fraction of sp³-hybridized carbons (Fsp3) is 0.364. The normalized spacial score (nSPS) is 17.6. The number of carbonyl (C=O) groups is 1. The summed E-state index contributed by atoms with van der Waals surface area (Å²) in [6.45, 7) is 6.34. The number of nitrogens with zero attached hydrogens (tertiary/aromatic N) is 7. The van der Waals surface area contributed by atoms with Crippen molar-refractivity contribution in [3.8, 4) is 28.8 Å². The van der Waals surface area contributed by atoms with E-state index in [1.165, 1.54) is 12.4 Å². The van der Waals surface area contributed by atoms with Gasteiger partial charge in [-0.25, -0.2) is 19.0 Å². The molecule has 2 aliphatic rings. The van der Waals surface area contributed by atoms with Gasteiger partial charge in [-0.2, -0.15) is 10.4 Å². The van der Waals surface area contributed by atoms with Gasteiger partial charge in [-0.1, -0.05) is 25.1 Å². The third-order valence-electron chi connectivity index (χ3n) is 8.43. The molecule has 2 aromatic heterocycles. The van der Waals surface area contributed by atoms with Crippen LogP contribution in [0, 0.1) is 17.1 Å². The number of carbonyl (C=O) groups excluding carboxylic acids is 1. The molecule has 232 valence electrons. The Kier molecular flexibility index (Phi) is 8.89. The first-order valence-corrected chi connectivity index (χ1v) is 15.3. The van der Waals surface area contributed by atoms with Crippen molar-refractivity contribution in [3.05, 3.63) is 71.9 Å². The van der Waals surface area contributed by atoms with E-state index in [0.717, 1.165) is 44.7 Å². The van der Waals surface area contributed by atoms with Crippen LogP contribution < -0.4 is 15.8 Å². The van der Waals surface area contributed by atoms with Crippen LogP contribution in [-0.2, 0) is 4.79 Å². The van der Waals surface area contributed by atoms with Crippen molar-refractivity contribution in [1.29, 1.82) is 5.26 Å². The number of nitrogens with two attached hydrogens (primary N) is 1. The molecule has 1 amide bonds. The molecule has 2 aliphatic heterocycles. The van der Waals surface area contributed by atoms with Gasteiger partial charge in [0.2, 0.25) is 5.91 Å². The van der Waals surface area contributed by atoms with Gasteiger partial charge in [0.25, 0.3) is 0 Å². The summed E-state index contributed by atoms with van der Waals surface area (Å²) in [4.78, 5) is 26.2. The maximum Gasteiger partial charge on any atom is 0.227 e. The van der Waals surface area contributed by atoms with Crippen molar-refractivity contribution < 1.29 is 13.9 Å². The zero-order valence-electron chi connectivity index (χ0n) is 25.2. The van der Waals surface area contributed by atoms with Crippen molar-refractivity contribution in [3.63, 3.8) is 0 Å². The summed E-state index contributed by atoms with van der Waals surface area (Å²) < 4.78 is 23.2. The molecule has 11 nitrogen and oxygen atoms in total. The average molecular weight is 610 g/mol. The van der Waals surface area contributed by atoms with E-state index in [4.69, 9.17) is 15.6 Å². The van der Waals surface area contributed by atoms with Crippen LogP contribution >= 0.6 is 0 Å². The molecule has 2 fully saturated rings. The largest absolute Gasteiger partial charge is 0.457 e. The Morgan fingerprint density at radius 1 is 1.11 bits per heavy atom. The number of para-hydroxylation sites is 1. The third-order valence-corrected chi connectivity index (χ3v) is 8.43. The lowest BCUT2D eigenvalue weighted by Gasteiger charge is -2.34. The number of rotatable bonds is 8. The van der Waals surface area contributed by atoms with E-state index in [9.17, 15) is 10.1 Å². The van der Waals surface area contributed by atoms with Gasteiger partial charge in [0.05, 0.1) is 29.5 Å². The molecule has 4 aromatic rings. The van der Waals surface area contributed by atoms with E-state index in [0.29, 0.717) is 53.3 Å². The number of anilines is 1. The third kappa shape index (κ3) is 6.30. The molecule has 6 rings (SSSR count). The Bertz CT molecular complexity index is 1760. The SMILES string of the molecule is CC/C(=C(/C#N)CC(=O)N1CCC[C@H](n2nc(-c3ccc(Oc4ccccc4)cc3F)c3c(N)ncnc32)C1)N1CCNCC1. The van der Waals surface area contributed by atoms with Crippen molar-refractivity contribution in [1.82, 2.24) is 34.9 Å². The summed E-state index contributed by atoms with van der Waals surface area (Å²) in [6, 6.07) is 15.9. The van der Waals surface area contributed by atoms with E-state index in [-0.39, 0.29) is 29.8 Å². The average Bonchev–Trinajstić information content (AvgIpc) is 3.46. The molecule has 1 atom stereocenters. The highest BCUT2D eigenvalue weighted by Crippen LogP contribution is 2.36. The molecule has 45 heavy (non-hydrogen) atoms. The molecular formula is C33H36FN9O2. The summed E-state index contributed by atoms with van der Waals surface area (Å²) in [5.41, 5.74) is 8.82. The molecule has 3 N–H and O–H groups in total. The van der Waals surface area contributed by atoms with Gasteiger partial charge in [0.15, 0.2) is 5.65 Å². The van der Waals surface area contributed by atoms with Crippen LogP contribution in [0.4, 0.5) is 10.2 Å². The maximum atomic E-state index is 15.6. The van der Waals surface area contributed by atoms with Gasteiger partial charge in [-0.05, 0) is 43.5 Å². The monoisotopic (exact) mass is 609 g/mol. The van der Waals surface area contributed by atoms with Gasteiger partial charge >= 0.3 is 0 Å². The second kappa shape index (κ2) is 13.3. The van der Waals surface area contributed by atoms with E-state index < -0.39 is 5.82 Å². The Labute approximate surface area is 261 Å². The zero-order valence-corrected chi connectivity index (χ0v) is 25.2. The predicted molar refractivity (Wildman–Crippen MR) is 168 cm³/mol. The fourth-order valence-corrected chi connectivity index (χ4v) is 6.23. The molecule has 0 radical (unpaired) electrons. The van der Waals surface area contributed by atoms with Gasteiger partial charge in [0.1, 0.15) is 35.2 Å². The van der Waals surface area contributed by atoms with Gasteiger partial charge in [0, 0.05) is 56.6 Å². The number of piperidine rings is 1. The standard InChI is InChI=1S/C33H36FN9O2/c1-2-28(41-15-12-37-13-16-41)22(19-35)17-29(44)42-14-6-7-23(20-42)43-33-30(32(36)38-21-39-33)31(40-43)26-11-10-25(18-27(26)34)45-24-8-4-3-5-9-24/h3-5,8-11,18,21,23,37H,2,6-7,12-17,20H2,1H3,(H2,36,38,39)/b28-22-/t23-/m0/s1. The molecule has 0 aliphatic carbocycles. The second-order valence-electron chi connectivity index (χ2n) is 11.2. The number of benzene rings is 2. The lowest BCUT2D eigenvalue weighted by molar-refractivity contribution is -0.132. The number of halogens is 1. The first kappa shape index (κ1) is 30.0. The fourth-order valence-electron chi connectivity index (χ4n) is 6.23. The Morgan fingerprint density at radius 3 is 2.64 bits per heavy atom. The van der Waals surface area contributed by atoms with Gasteiger partial charge in [-0.15, -0.1) is 0 Å². The van der Waals surface area contributed by atoms with Crippen molar-refractivity contribution in [2.75, 3.05) is 45.0 Å². The first-order valence-electron chi connectivity index (χ1n) is 15.3. The zero-order chi connectivity index (χ0) is 31.3. The van der Waals surface area contributed by atoms with Crippen molar-refractivity contribution >= 4 is 22.8 Å². The molecule has 0 bridgehead atoms. The van der Waals surface area contributed by atoms with Crippen LogP contribution in [0.25, 0.3) is 22.3 Å². The number of hydrogen-bond donors (Lipinski definition) is 2. The minimum atomic E-state index is -0.522. The topological polar surface area (TPSA) is 138 Å². The molecule has 0 spiro atoms. The summed E-state index contributed by atoms with van der Waals surface area (Å²) in [5, 5.41) is 18.6. The smallest absolute Gasteiger partial charge is 0.227 e. The van der Waals surface area contributed by atoms with E-state index in [1.807, 2.05) is 25.1 Å². The summed E-state index contributed by atoms with van der Waals surface area (Å²) in [7, 11) is 0. The van der Waals surface area contributed by atoms with Crippen LogP contribution in [0.5, 0.6) is 11.5 Å². The molecule has 0 unspecified atom stereocenters. The number of ether oxygens (including phenoxy) is 1. The Balaban J connectivity index is 1.26. The molecule has 4 heterocycles. The summed E-state index contributed by atoms with van der Waals surface area (Å²) in [6.07, 6.45) is 3.61. The number of piperazine rings is 1. The number of nitriles is 1. The van der Waals surface area contributed by atoms with Gasteiger partial charge in [-0.3, -0.25) is 4.79 Å². The molecular weight excluding hydrogens is 573 g/mol. The quantitative estimate of drug-likeness (QED) is 0.273. The van der Waals surface area contributed by atoms with E-state index >= 15 is 4.39 Å². The Morgan fingerprint density at radius 2 is 1.91 bits per heavy atom. The Hall–Kier alpha value is -5.02. The number of amides is 1. The van der Waals surface area contributed by atoms with Crippen LogP contribution in [-0.4, -0.2) is 74.7 Å². The van der Waals surface area contributed by atoms with E-state index in [1.54, 1.807) is 33.8 Å². The summed E-state index contributed by atoms with van der Waals surface area (Å²) >= 11 is 0. The van der Waals surface area contributed by atoms with Crippen LogP contribution in [0.3, 0.4) is 0 Å². The molecule has 2 saturated heterocycles. The molecule has 12 heteroatoms. The minimum Gasteiger partial charge on any atom is -0.457 e. The molecule has 2 aromatic carbocycles. The lowest BCUT2D eigenvalue weighted by atomic mass is 10.0.